The fourth-order valence-corrected chi connectivity index (χ4v) is 2.35. The van der Waals surface area contributed by atoms with Gasteiger partial charge < -0.3 is 24.3 Å². The molecule has 0 saturated heterocycles. The van der Waals surface area contributed by atoms with E-state index in [0.717, 1.165) is 23.4 Å². The van der Waals surface area contributed by atoms with Crippen LogP contribution < -0.4 is 10.1 Å². The van der Waals surface area contributed by atoms with Crippen LogP contribution in [0.4, 0.5) is 0 Å². The molecule has 0 atom stereocenters. The van der Waals surface area contributed by atoms with Gasteiger partial charge in [0.05, 0.1) is 13.2 Å². The van der Waals surface area contributed by atoms with Crippen molar-refractivity contribution in [3.8, 4) is 5.75 Å². The van der Waals surface area contributed by atoms with E-state index >= 15 is 0 Å². The maximum atomic E-state index is 5.82. The molecule has 28 heavy (non-hydrogen) atoms. The normalized spacial score (nSPS) is 11.1. The van der Waals surface area contributed by atoms with Crippen LogP contribution in [0.3, 0.4) is 0 Å². The van der Waals surface area contributed by atoms with E-state index in [0.29, 0.717) is 32.8 Å². The van der Waals surface area contributed by atoms with Crippen LogP contribution >= 0.6 is 24.0 Å². The van der Waals surface area contributed by atoms with Crippen LogP contribution in [0.1, 0.15) is 17.2 Å². The van der Waals surface area contributed by atoms with Crippen molar-refractivity contribution in [2.24, 2.45) is 12.0 Å². The van der Waals surface area contributed by atoms with Crippen LogP contribution in [-0.4, -0.2) is 66.1 Å². The lowest BCUT2D eigenvalue weighted by Gasteiger charge is -2.22. The Hall–Kier alpha value is -1.88. The van der Waals surface area contributed by atoms with Crippen LogP contribution in [0.2, 0.25) is 0 Å². The number of aromatic nitrogens is 3. The van der Waals surface area contributed by atoms with Gasteiger partial charge in [-0.15, -0.1) is 34.2 Å². The topological polar surface area (TPSA) is 76.8 Å². The SMILES string of the molecule is COCCNC(=NCc1nnc(C)n1C)N(C)CCOc1ccc(C)cc1.I. The summed E-state index contributed by atoms with van der Waals surface area (Å²) in [7, 11) is 5.61. The molecule has 1 N–H and O–H groups in total. The van der Waals surface area contributed by atoms with E-state index in [1.807, 2.05) is 54.8 Å². The fourth-order valence-electron chi connectivity index (χ4n) is 2.35. The minimum Gasteiger partial charge on any atom is -0.492 e. The van der Waals surface area contributed by atoms with Crippen molar-refractivity contribution in [1.82, 2.24) is 25.0 Å². The fraction of sp³-hybridized carbons (Fsp3) is 0.526. The van der Waals surface area contributed by atoms with E-state index in [4.69, 9.17) is 9.47 Å². The first-order valence-corrected chi connectivity index (χ1v) is 9.04. The zero-order valence-electron chi connectivity index (χ0n) is 17.3. The van der Waals surface area contributed by atoms with Gasteiger partial charge in [-0.3, -0.25) is 0 Å². The number of hydrogen-bond acceptors (Lipinski definition) is 5. The van der Waals surface area contributed by atoms with Crippen LogP contribution in [0.15, 0.2) is 29.3 Å². The highest BCUT2D eigenvalue weighted by Gasteiger charge is 2.09. The molecule has 0 bridgehead atoms. The summed E-state index contributed by atoms with van der Waals surface area (Å²) in [5, 5.41) is 11.5. The van der Waals surface area contributed by atoms with Gasteiger partial charge in [0, 0.05) is 27.7 Å². The van der Waals surface area contributed by atoms with E-state index in [1.165, 1.54) is 5.56 Å². The maximum Gasteiger partial charge on any atom is 0.194 e. The number of likely N-dealkylation sites (N-methyl/N-ethyl adjacent to an activating group) is 1. The molecule has 0 radical (unpaired) electrons. The Morgan fingerprint density at radius 3 is 2.50 bits per heavy atom. The smallest absolute Gasteiger partial charge is 0.194 e. The molecule has 1 aromatic carbocycles. The monoisotopic (exact) mass is 502 g/mol. The van der Waals surface area contributed by atoms with Gasteiger partial charge in [-0.25, -0.2) is 4.99 Å². The van der Waals surface area contributed by atoms with Gasteiger partial charge in [-0.1, -0.05) is 17.7 Å². The molecular formula is C19H31IN6O2. The Labute approximate surface area is 184 Å². The van der Waals surface area contributed by atoms with Crippen molar-refractivity contribution in [1.29, 1.82) is 0 Å². The second-order valence-corrected chi connectivity index (χ2v) is 6.36. The van der Waals surface area contributed by atoms with Gasteiger partial charge in [-0.2, -0.15) is 0 Å². The zero-order chi connectivity index (χ0) is 19.6. The number of nitrogens with zero attached hydrogens (tertiary/aromatic N) is 5. The number of aliphatic imine (C=N–C) groups is 1. The van der Waals surface area contributed by atoms with E-state index in [2.05, 4.69) is 27.4 Å². The zero-order valence-corrected chi connectivity index (χ0v) is 19.6. The van der Waals surface area contributed by atoms with E-state index in [1.54, 1.807) is 7.11 Å². The van der Waals surface area contributed by atoms with E-state index in [-0.39, 0.29) is 24.0 Å². The average molecular weight is 502 g/mol. The first-order valence-electron chi connectivity index (χ1n) is 9.04. The van der Waals surface area contributed by atoms with Crippen LogP contribution in [0, 0.1) is 13.8 Å². The molecule has 0 spiro atoms. The third kappa shape index (κ3) is 7.63. The van der Waals surface area contributed by atoms with Crippen molar-refractivity contribution < 1.29 is 9.47 Å². The number of rotatable bonds is 9. The molecule has 0 unspecified atom stereocenters. The van der Waals surface area contributed by atoms with Crippen LogP contribution in [-0.2, 0) is 18.3 Å². The summed E-state index contributed by atoms with van der Waals surface area (Å²) >= 11 is 0. The summed E-state index contributed by atoms with van der Waals surface area (Å²) < 4.78 is 12.9. The summed E-state index contributed by atoms with van der Waals surface area (Å²) in [6.45, 7) is 6.98. The van der Waals surface area contributed by atoms with E-state index in [9.17, 15) is 0 Å². The van der Waals surface area contributed by atoms with Crippen LogP contribution in [0.25, 0.3) is 0 Å². The number of hydrogen-bond donors (Lipinski definition) is 1. The Morgan fingerprint density at radius 1 is 1.18 bits per heavy atom. The van der Waals surface area contributed by atoms with Crippen LogP contribution in [0.5, 0.6) is 5.75 Å². The van der Waals surface area contributed by atoms with Gasteiger partial charge in [-0.05, 0) is 26.0 Å². The quantitative estimate of drug-likeness (QED) is 0.245. The van der Waals surface area contributed by atoms with E-state index < -0.39 is 0 Å². The lowest BCUT2D eigenvalue weighted by atomic mass is 10.2. The summed E-state index contributed by atoms with van der Waals surface area (Å²) in [5.41, 5.74) is 1.22. The Balaban J connectivity index is 0.00000392. The molecule has 8 nitrogen and oxygen atoms in total. The van der Waals surface area contributed by atoms with Crippen molar-refractivity contribution in [3.05, 3.63) is 41.5 Å². The Morgan fingerprint density at radius 2 is 1.89 bits per heavy atom. The molecular weight excluding hydrogens is 471 g/mol. The van der Waals surface area contributed by atoms with Crippen molar-refractivity contribution in [2.75, 3.05) is 40.5 Å². The number of benzene rings is 1. The highest BCUT2D eigenvalue weighted by Crippen LogP contribution is 2.11. The summed E-state index contributed by atoms with van der Waals surface area (Å²) in [6.07, 6.45) is 0. The molecule has 0 aliphatic carbocycles. The second-order valence-electron chi connectivity index (χ2n) is 6.36. The molecule has 2 aromatic rings. The van der Waals surface area contributed by atoms with Crippen molar-refractivity contribution >= 4 is 29.9 Å². The predicted molar refractivity (Wildman–Crippen MR) is 121 cm³/mol. The number of aryl methyl sites for hydroxylation is 2. The molecule has 0 aliphatic heterocycles. The van der Waals surface area contributed by atoms with Gasteiger partial charge in [0.25, 0.3) is 0 Å². The third-order valence-corrected chi connectivity index (χ3v) is 4.22. The molecule has 156 valence electrons. The third-order valence-electron chi connectivity index (χ3n) is 4.22. The molecule has 0 aliphatic rings. The van der Waals surface area contributed by atoms with Crippen molar-refractivity contribution in [2.45, 2.75) is 20.4 Å². The largest absolute Gasteiger partial charge is 0.492 e. The Bertz CT molecular complexity index is 733. The average Bonchev–Trinajstić information content (AvgIpc) is 2.98. The van der Waals surface area contributed by atoms with Gasteiger partial charge in [0.2, 0.25) is 0 Å². The second kappa shape index (κ2) is 12.6. The number of halogens is 1. The number of nitrogens with one attached hydrogen (secondary N) is 1. The van der Waals surface area contributed by atoms with Crippen molar-refractivity contribution in [3.63, 3.8) is 0 Å². The summed E-state index contributed by atoms with van der Waals surface area (Å²) in [4.78, 5) is 6.71. The highest BCUT2D eigenvalue weighted by molar-refractivity contribution is 14.0. The summed E-state index contributed by atoms with van der Waals surface area (Å²) in [5.74, 6) is 3.34. The Kier molecular flexibility index (Phi) is 10.8. The minimum atomic E-state index is 0. The number of ether oxygens (including phenoxy) is 2. The van der Waals surface area contributed by atoms with Gasteiger partial charge in [0.1, 0.15) is 24.7 Å². The first kappa shape index (κ1) is 24.2. The van der Waals surface area contributed by atoms with Gasteiger partial charge in [0.15, 0.2) is 11.8 Å². The molecule has 0 saturated carbocycles. The number of methoxy groups -OCH3 is 1. The predicted octanol–water partition coefficient (Wildman–Crippen LogP) is 2.15. The molecule has 0 amide bonds. The lowest BCUT2D eigenvalue weighted by Crippen LogP contribution is -2.42. The molecule has 1 heterocycles. The minimum absolute atomic E-state index is 0. The highest BCUT2D eigenvalue weighted by atomic mass is 127. The molecule has 1 aromatic heterocycles. The molecule has 2 rings (SSSR count). The number of guanidine groups is 1. The maximum absolute atomic E-state index is 5.82. The summed E-state index contributed by atoms with van der Waals surface area (Å²) in [6, 6.07) is 8.05. The first-order chi connectivity index (χ1) is 13.0. The lowest BCUT2D eigenvalue weighted by molar-refractivity contribution is 0.202. The molecule has 0 fully saturated rings. The molecule has 9 heteroatoms. The van der Waals surface area contributed by atoms with Gasteiger partial charge >= 0.3 is 0 Å². The standard InChI is InChI=1S/C19H30N6O2.HI/c1-15-6-8-17(9-7-15)27-13-11-24(3)19(20-10-12-26-5)21-14-18-23-22-16(2)25(18)4;/h6-9H,10-14H2,1-5H3,(H,20,21);1H.